The van der Waals surface area contributed by atoms with Gasteiger partial charge in [-0.05, 0) is 65.9 Å². The van der Waals surface area contributed by atoms with Crippen molar-refractivity contribution in [2.45, 2.75) is 19.6 Å². The van der Waals surface area contributed by atoms with Gasteiger partial charge < -0.3 is 9.47 Å². The van der Waals surface area contributed by atoms with Crippen molar-refractivity contribution in [2.24, 2.45) is 0 Å². The van der Waals surface area contributed by atoms with Gasteiger partial charge in [-0.3, -0.25) is 4.79 Å². The zero-order chi connectivity index (χ0) is 20.7. The van der Waals surface area contributed by atoms with Crippen molar-refractivity contribution in [3.05, 3.63) is 74.9 Å². The molecule has 0 unspecified atom stereocenters. The van der Waals surface area contributed by atoms with E-state index in [0.717, 1.165) is 39.3 Å². The second-order valence-corrected chi connectivity index (χ2v) is 8.01. The normalized spacial score (nSPS) is 12.3. The third-order valence-electron chi connectivity index (χ3n) is 5.18. The van der Waals surface area contributed by atoms with Crippen molar-refractivity contribution >= 4 is 28.2 Å². The van der Waals surface area contributed by atoms with E-state index in [1.165, 1.54) is 16.9 Å². The first-order chi connectivity index (χ1) is 14.6. The molecule has 5 rings (SSSR count). The third kappa shape index (κ3) is 3.15. The quantitative estimate of drug-likeness (QED) is 0.471. The molecule has 8 heteroatoms. The molecular formula is C22H17N3O4S. The van der Waals surface area contributed by atoms with Crippen LogP contribution in [-0.4, -0.2) is 28.1 Å². The van der Waals surface area contributed by atoms with Crippen molar-refractivity contribution < 1.29 is 14.3 Å². The van der Waals surface area contributed by atoms with Gasteiger partial charge in [-0.25, -0.2) is 4.79 Å². The number of carbonyl (C=O) groups is 1. The summed E-state index contributed by atoms with van der Waals surface area (Å²) in [7, 11) is 1.65. The highest BCUT2D eigenvalue weighted by Gasteiger charge is 2.23. The molecule has 0 radical (unpaired) electrons. The zero-order valence-corrected chi connectivity index (χ0v) is 16.9. The van der Waals surface area contributed by atoms with Gasteiger partial charge in [0.15, 0.2) is 6.73 Å². The second kappa shape index (κ2) is 7.38. The van der Waals surface area contributed by atoms with E-state index in [4.69, 9.17) is 9.47 Å². The maximum Gasteiger partial charge on any atom is 0.350 e. The minimum Gasteiger partial charge on any atom is -0.497 e. The van der Waals surface area contributed by atoms with Crippen LogP contribution in [0.4, 0.5) is 0 Å². The summed E-state index contributed by atoms with van der Waals surface area (Å²) >= 11 is 1.40. The van der Waals surface area contributed by atoms with Gasteiger partial charge in [0, 0.05) is 4.88 Å². The van der Waals surface area contributed by atoms with Crippen LogP contribution in [0.2, 0.25) is 0 Å². The minimum atomic E-state index is -0.480. The van der Waals surface area contributed by atoms with Crippen LogP contribution in [0.15, 0.2) is 53.3 Å². The lowest BCUT2D eigenvalue weighted by Crippen LogP contribution is -2.26. The first kappa shape index (κ1) is 18.5. The minimum absolute atomic E-state index is 0.286. The topological polar surface area (TPSA) is 83.3 Å². The predicted octanol–water partition coefficient (Wildman–Crippen LogP) is 3.44. The SMILES string of the molecule is COc1ccc2c(c1)CCc1cc(C(=O)OCn3nnc4ccccc4c3=O)sc1-2. The van der Waals surface area contributed by atoms with Gasteiger partial charge in [-0.15, -0.1) is 16.4 Å². The number of carbonyl (C=O) groups excluding carboxylic acids is 1. The molecule has 0 bridgehead atoms. The van der Waals surface area contributed by atoms with E-state index < -0.39 is 5.97 Å². The maximum absolute atomic E-state index is 12.6. The van der Waals surface area contributed by atoms with Crippen LogP contribution in [-0.2, 0) is 24.3 Å². The molecule has 4 aromatic rings. The fourth-order valence-corrected chi connectivity index (χ4v) is 4.80. The van der Waals surface area contributed by atoms with E-state index in [2.05, 4.69) is 10.3 Å². The molecule has 2 heterocycles. The first-order valence-electron chi connectivity index (χ1n) is 9.43. The van der Waals surface area contributed by atoms with E-state index in [1.807, 2.05) is 24.3 Å². The smallest absolute Gasteiger partial charge is 0.350 e. The number of ether oxygens (including phenoxy) is 2. The van der Waals surface area contributed by atoms with Crippen LogP contribution in [0, 0.1) is 0 Å². The van der Waals surface area contributed by atoms with Crippen molar-refractivity contribution in [1.82, 2.24) is 15.0 Å². The highest BCUT2D eigenvalue weighted by Crippen LogP contribution is 2.41. The number of methoxy groups -OCH3 is 1. The lowest BCUT2D eigenvalue weighted by atomic mass is 9.91. The number of hydrogen-bond acceptors (Lipinski definition) is 7. The second-order valence-electron chi connectivity index (χ2n) is 6.96. The van der Waals surface area contributed by atoms with Gasteiger partial charge >= 0.3 is 5.97 Å². The molecule has 0 fully saturated rings. The lowest BCUT2D eigenvalue weighted by molar-refractivity contribution is 0.0342. The van der Waals surface area contributed by atoms with Crippen molar-refractivity contribution in [1.29, 1.82) is 0 Å². The molecular weight excluding hydrogens is 402 g/mol. The molecule has 0 spiro atoms. The molecule has 7 nitrogen and oxygen atoms in total. The molecule has 0 N–H and O–H groups in total. The summed E-state index contributed by atoms with van der Waals surface area (Å²) in [5.41, 5.74) is 3.62. The van der Waals surface area contributed by atoms with Gasteiger partial charge in [-0.2, -0.15) is 4.68 Å². The van der Waals surface area contributed by atoms with Crippen LogP contribution in [0.5, 0.6) is 5.75 Å². The Hall–Kier alpha value is -3.52. The van der Waals surface area contributed by atoms with Crippen LogP contribution in [0.1, 0.15) is 20.8 Å². The van der Waals surface area contributed by atoms with Crippen LogP contribution >= 0.6 is 11.3 Å². The summed E-state index contributed by atoms with van der Waals surface area (Å²) < 4.78 is 11.7. The molecule has 0 atom stereocenters. The highest BCUT2D eigenvalue weighted by atomic mass is 32.1. The number of aromatic nitrogens is 3. The molecule has 0 amide bonds. The summed E-state index contributed by atoms with van der Waals surface area (Å²) in [5.74, 6) is 0.349. The Kier molecular flexibility index (Phi) is 4.55. The van der Waals surface area contributed by atoms with Crippen LogP contribution in [0.3, 0.4) is 0 Å². The van der Waals surface area contributed by atoms with Gasteiger partial charge in [-0.1, -0.05) is 17.3 Å². The largest absolute Gasteiger partial charge is 0.497 e. The summed E-state index contributed by atoms with van der Waals surface area (Å²) in [6.07, 6.45) is 1.75. The van der Waals surface area contributed by atoms with E-state index in [1.54, 1.807) is 31.4 Å². The lowest BCUT2D eigenvalue weighted by Gasteiger charge is -2.16. The summed E-state index contributed by atoms with van der Waals surface area (Å²) in [4.78, 5) is 26.7. The fourth-order valence-electron chi connectivity index (χ4n) is 3.64. The molecule has 1 aliphatic rings. The average molecular weight is 419 g/mol. The van der Waals surface area contributed by atoms with Crippen LogP contribution in [0.25, 0.3) is 21.3 Å². The van der Waals surface area contributed by atoms with E-state index in [9.17, 15) is 9.59 Å². The third-order valence-corrected chi connectivity index (χ3v) is 6.37. The van der Waals surface area contributed by atoms with Crippen molar-refractivity contribution in [3.8, 4) is 16.2 Å². The standard InChI is InChI=1S/C22H17N3O4S/c1-28-15-8-9-16-13(10-15)6-7-14-11-19(30-20(14)16)22(27)29-12-25-21(26)17-4-2-3-5-18(17)23-24-25/h2-5,8-11H,6-7,12H2,1H3. The molecule has 0 saturated carbocycles. The zero-order valence-electron chi connectivity index (χ0n) is 16.1. The number of fused-ring (bicyclic) bond motifs is 4. The molecule has 0 saturated heterocycles. The molecule has 2 aromatic heterocycles. The number of aryl methyl sites for hydroxylation is 2. The van der Waals surface area contributed by atoms with E-state index in [-0.39, 0.29) is 12.3 Å². The monoisotopic (exact) mass is 419 g/mol. The first-order valence-corrected chi connectivity index (χ1v) is 10.3. The van der Waals surface area contributed by atoms with E-state index in [0.29, 0.717) is 15.8 Å². The van der Waals surface area contributed by atoms with E-state index >= 15 is 0 Å². The van der Waals surface area contributed by atoms with Crippen LogP contribution < -0.4 is 10.3 Å². The Bertz CT molecular complexity index is 1340. The Morgan fingerprint density at radius 1 is 1.13 bits per heavy atom. The average Bonchev–Trinajstić information content (AvgIpc) is 3.23. The number of thiophene rings is 1. The molecule has 30 heavy (non-hydrogen) atoms. The molecule has 150 valence electrons. The molecule has 2 aromatic carbocycles. The number of rotatable bonds is 4. The predicted molar refractivity (Wildman–Crippen MR) is 113 cm³/mol. The number of hydrogen-bond donors (Lipinski definition) is 0. The van der Waals surface area contributed by atoms with Crippen molar-refractivity contribution in [3.63, 3.8) is 0 Å². The van der Waals surface area contributed by atoms with Gasteiger partial charge in [0.25, 0.3) is 5.56 Å². The Balaban J connectivity index is 1.38. The Morgan fingerprint density at radius 3 is 2.83 bits per heavy atom. The molecule has 0 aliphatic heterocycles. The number of esters is 1. The highest BCUT2D eigenvalue weighted by molar-refractivity contribution is 7.17. The summed E-state index contributed by atoms with van der Waals surface area (Å²) in [6, 6.07) is 14.8. The number of nitrogens with zero attached hydrogens (tertiary/aromatic N) is 3. The maximum atomic E-state index is 12.6. The Labute approximate surface area is 175 Å². The van der Waals surface area contributed by atoms with Crippen molar-refractivity contribution in [2.75, 3.05) is 7.11 Å². The van der Waals surface area contributed by atoms with Gasteiger partial charge in [0.2, 0.25) is 0 Å². The molecule has 1 aliphatic carbocycles. The summed E-state index contributed by atoms with van der Waals surface area (Å²) in [5, 5.41) is 8.28. The fraction of sp³-hybridized carbons (Fsp3) is 0.182. The summed E-state index contributed by atoms with van der Waals surface area (Å²) in [6.45, 7) is -0.286. The Morgan fingerprint density at radius 2 is 1.97 bits per heavy atom. The number of benzene rings is 2. The van der Waals surface area contributed by atoms with Gasteiger partial charge in [0.05, 0.1) is 12.5 Å². The van der Waals surface area contributed by atoms with Gasteiger partial charge in [0.1, 0.15) is 16.1 Å².